The number of aryl methyl sites for hydroxylation is 1. The Morgan fingerprint density at radius 2 is 1.95 bits per heavy atom. The van der Waals surface area contributed by atoms with Crippen LogP contribution in [0, 0.1) is 12.3 Å². The van der Waals surface area contributed by atoms with Crippen LogP contribution in [0.4, 0.5) is 5.69 Å². The van der Waals surface area contributed by atoms with Gasteiger partial charge in [-0.1, -0.05) is 0 Å². The first-order valence-corrected chi connectivity index (χ1v) is 6.13. The van der Waals surface area contributed by atoms with Crippen molar-refractivity contribution in [2.75, 3.05) is 11.9 Å². The van der Waals surface area contributed by atoms with Gasteiger partial charge >= 0.3 is 0 Å². The lowest BCUT2D eigenvalue weighted by Gasteiger charge is -2.22. The molecule has 0 aliphatic carbocycles. The standard InChI is InChI=1S/C15H18N4/c1-11-9-13(15(16)17)3-4-14(11)19(2)10-12-5-7-18-8-6-12/h3-9H,10H2,1-2H3,(H3,16,17). The van der Waals surface area contributed by atoms with Gasteiger partial charge in [0.05, 0.1) is 0 Å². The molecule has 4 nitrogen and oxygen atoms in total. The number of rotatable bonds is 4. The maximum absolute atomic E-state index is 7.45. The van der Waals surface area contributed by atoms with Crippen LogP contribution >= 0.6 is 0 Å². The average molecular weight is 254 g/mol. The molecule has 98 valence electrons. The molecule has 1 heterocycles. The lowest BCUT2D eigenvalue weighted by atomic mass is 10.1. The van der Waals surface area contributed by atoms with Gasteiger partial charge in [0, 0.05) is 37.2 Å². The normalized spacial score (nSPS) is 10.2. The first-order valence-electron chi connectivity index (χ1n) is 6.13. The van der Waals surface area contributed by atoms with Crippen molar-refractivity contribution in [2.45, 2.75) is 13.5 Å². The van der Waals surface area contributed by atoms with Crippen molar-refractivity contribution in [2.24, 2.45) is 5.73 Å². The van der Waals surface area contributed by atoms with Gasteiger partial charge in [0.15, 0.2) is 0 Å². The van der Waals surface area contributed by atoms with E-state index in [1.54, 1.807) is 12.4 Å². The number of nitrogens with two attached hydrogens (primary N) is 1. The highest BCUT2D eigenvalue weighted by atomic mass is 15.1. The van der Waals surface area contributed by atoms with E-state index in [0.29, 0.717) is 0 Å². The van der Waals surface area contributed by atoms with Crippen molar-refractivity contribution in [3.8, 4) is 0 Å². The fourth-order valence-electron chi connectivity index (χ4n) is 2.10. The van der Waals surface area contributed by atoms with Crippen LogP contribution in [0.1, 0.15) is 16.7 Å². The van der Waals surface area contributed by atoms with Crippen LogP contribution in [0.5, 0.6) is 0 Å². The number of pyridine rings is 1. The number of hydrogen-bond donors (Lipinski definition) is 2. The lowest BCUT2D eigenvalue weighted by molar-refractivity contribution is 0.914. The maximum atomic E-state index is 7.45. The molecule has 4 heteroatoms. The second kappa shape index (κ2) is 5.52. The minimum Gasteiger partial charge on any atom is -0.384 e. The summed E-state index contributed by atoms with van der Waals surface area (Å²) in [7, 11) is 2.05. The van der Waals surface area contributed by atoms with Gasteiger partial charge in [-0.25, -0.2) is 0 Å². The SMILES string of the molecule is Cc1cc(C(=N)N)ccc1N(C)Cc1ccncc1. The van der Waals surface area contributed by atoms with Crippen LogP contribution in [-0.4, -0.2) is 17.9 Å². The van der Waals surface area contributed by atoms with Crippen molar-refractivity contribution < 1.29 is 0 Å². The summed E-state index contributed by atoms with van der Waals surface area (Å²) in [5.74, 6) is 0.103. The molecular weight excluding hydrogens is 236 g/mol. The Kier molecular flexibility index (Phi) is 3.80. The van der Waals surface area contributed by atoms with Gasteiger partial charge in [-0.15, -0.1) is 0 Å². The molecule has 0 atom stereocenters. The summed E-state index contributed by atoms with van der Waals surface area (Å²) in [5, 5.41) is 7.45. The first kappa shape index (κ1) is 13.1. The molecule has 1 aromatic carbocycles. The van der Waals surface area contributed by atoms with Crippen LogP contribution in [0.15, 0.2) is 42.7 Å². The van der Waals surface area contributed by atoms with Gasteiger partial charge in [-0.2, -0.15) is 0 Å². The second-order valence-corrected chi connectivity index (χ2v) is 4.63. The van der Waals surface area contributed by atoms with Crippen LogP contribution in [0.2, 0.25) is 0 Å². The largest absolute Gasteiger partial charge is 0.384 e. The zero-order valence-electron chi connectivity index (χ0n) is 11.2. The molecule has 0 bridgehead atoms. The van der Waals surface area contributed by atoms with Crippen molar-refractivity contribution in [1.82, 2.24) is 4.98 Å². The minimum absolute atomic E-state index is 0.103. The van der Waals surface area contributed by atoms with Gasteiger partial charge < -0.3 is 10.6 Å². The third kappa shape index (κ3) is 3.10. The van der Waals surface area contributed by atoms with E-state index in [1.807, 2.05) is 37.3 Å². The van der Waals surface area contributed by atoms with Gasteiger partial charge in [0.25, 0.3) is 0 Å². The predicted octanol–water partition coefficient (Wildman–Crippen LogP) is 2.31. The maximum Gasteiger partial charge on any atom is 0.122 e. The van der Waals surface area contributed by atoms with Crippen molar-refractivity contribution >= 4 is 11.5 Å². The molecular formula is C15H18N4. The van der Waals surface area contributed by atoms with E-state index in [9.17, 15) is 0 Å². The molecule has 3 N–H and O–H groups in total. The molecule has 0 saturated heterocycles. The Balaban J connectivity index is 2.20. The van der Waals surface area contributed by atoms with Gasteiger partial charge in [-0.3, -0.25) is 10.4 Å². The third-order valence-corrected chi connectivity index (χ3v) is 3.09. The van der Waals surface area contributed by atoms with Crippen LogP contribution in [0.3, 0.4) is 0 Å². The fraction of sp³-hybridized carbons (Fsp3) is 0.200. The Morgan fingerprint density at radius 3 is 2.53 bits per heavy atom. The van der Waals surface area contributed by atoms with E-state index in [1.165, 1.54) is 5.56 Å². The second-order valence-electron chi connectivity index (χ2n) is 4.63. The molecule has 0 radical (unpaired) electrons. The van der Waals surface area contributed by atoms with E-state index in [2.05, 4.69) is 16.9 Å². The monoisotopic (exact) mass is 254 g/mol. The van der Waals surface area contributed by atoms with E-state index >= 15 is 0 Å². The van der Waals surface area contributed by atoms with E-state index in [-0.39, 0.29) is 5.84 Å². The number of nitrogens with one attached hydrogen (secondary N) is 1. The van der Waals surface area contributed by atoms with Gasteiger partial charge in [0.2, 0.25) is 0 Å². The highest BCUT2D eigenvalue weighted by Gasteiger charge is 2.07. The van der Waals surface area contributed by atoms with E-state index in [4.69, 9.17) is 11.1 Å². The molecule has 0 amide bonds. The van der Waals surface area contributed by atoms with Crippen LogP contribution in [0.25, 0.3) is 0 Å². The smallest absolute Gasteiger partial charge is 0.122 e. The van der Waals surface area contributed by atoms with Crippen molar-refractivity contribution in [3.63, 3.8) is 0 Å². The predicted molar refractivity (Wildman–Crippen MR) is 78.5 cm³/mol. The summed E-state index contributed by atoms with van der Waals surface area (Å²) < 4.78 is 0. The summed E-state index contributed by atoms with van der Waals surface area (Å²) in [5.41, 5.74) is 9.73. The fourth-order valence-corrected chi connectivity index (χ4v) is 2.10. The van der Waals surface area contributed by atoms with Crippen molar-refractivity contribution in [1.29, 1.82) is 5.41 Å². The van der Waals surface area contributed by atoms with Crippen LogP contribution in [-0.2, 0) is 6.54 Å². The Morgan fingerprint density at radius 1 is 1.26 bits per heavy atom. The topological polar surface area (TPSA) is 66.0 Å². The first-order chi connectivity index (χ1) is 9.08. The number of aromatic nitrogens is 1. The molecule has 0 spiro atoms. The summed E-state index contributed by atoms with van der Waals surface area (Å²) in [6.07, 6.45) is 3.60. The molecule has 19 heavy (non-hydrogen) atoms. The Bertz CT molecular complexity index is 578. The van der Waals surface area contributed by atoms with Crippen LogP contribution < -0.4 is 10.6 Å². The summed E-state index contributed by atoms with van der Waals surface area (Å²) in [6.45, 7) is 2.85. The molecule has 2 aromatic rings. The molecule has 2 rings (SSSR count). The minimum atomic E-state index is 0.103. The quantitative estimate of drug-likeness (QED) is 0.650. The summed E-state index contributed by atoms with van der Waals surface area (Å²) >= 11 is 0. The van der Waals surface area contributed by atoms with Gasteiger partial charge in [0.1, 0.15) is 5.84 Å². The molecule has 1 aromatic heterocycles. The summed E-state index contributed by atoms with van der Waals surface area (Å²) in [6, 6.07) is 9.85. The zero-order chi connectivity index (χ0) is 13.8. The zero-order valence-corrected chi connectivity index (χ0v) is 11.2. The Hall–Kier alpha value is -2.36. The number of amidine groups is 1. The highest BCUT2D eigenvalue weighted by Crippen LogP contribution is 2.21. The molecule has 0 aliphatic heterocycles. The van der Waals surface area contributed by atoms with E-state index < -0.39 is 0 Å². The van der Waals surface area contributed by atoms with Crippen molar-refractivity contribution in [3.05, 3.63) is 59.4 Å². The Labute approximate surface area is 113 Å². The number of hydrogen-bond acceptors (Lipinski definition) is 3. The summed E-state index contributed by atoms with van der Waals surface area (Å²) in [4.78, 5) is 6.19. The van der Waals surface area contributed by atoms with E-state index in [0.717, 1.165) is 23.4 Å². The highest BCUT2D eigenvalue weighted by molar-refractivity contribution is 5.95. The molecule has 0 unspecified atom stereocenters. The third-order valence-electron chi connectivity index (χ3n) is 3.09. The number of benzene rings is 1. The molecule has 0 fully saturated rings. The molecule has 0 saturated carbocycles. The average Bonchev–Trinajstić information content (AvgIpc) is 2.39. The number of nitrogens with zero attached hydrogens (tertiary/aromatic N) is 2. The number of anilines is 1. The lowest BCUT2D eigenvalue weighted by Crippen LogP contribution is -2.18. The molecule has 0 aliphatic rings. The number of nitrogen functional groups attached to an aromatic ring is 1. The van der Waals surface area contributed by atoms with Gasteiger partial charge in [-0.05, 0) is 48.4 Å².